The Balaban J connectivity index is 2.47. The maximum atomic E-state index is 11.0. The van der Waals surface area contributed by atoms with Crippen LogP contribution in [0.1, 0.15) is 6.92 Å². The van der Waals surface area contributed by atoms with Crippen molar-refractivity contribution in [2.75, 3.05) is 12.4 Å². The molecule has 1 amide bonds. The molecule has 0 aliphatic rings. The predicted molar refractivity (Wildman–Crippen MR) is 49.3 cm³/mol. The molecule has 1 unspecified atom stereocenters. The number of aromatic nitrogens is 1. The van der Waals surface area contributed by atoms with Crippen LogP contribution in [-0.4, -0.2) is 24.0 Å². The summed E-state index contributed by atoms with van der Waals surface area (Å²) in [5.74, 6) is 0.708. The summed E-state index contributed by atoms with van der Waals surface area (Å²) in [6.45, 7) is 1.79. The Kier molecular flexibility index (Phi) is 3.04. The maximum Gasteiger partial charge on any atom is 0.241 e. The van der Waals surface area contributed by atoms with Gasteiger partial charge in [0, 0.05) is 12.4 Å². The van der Waals surface area contributed by atoms with Gasteiger partial charge in [-0.05, 0) is 6.92 Å². The van der Waals surface area contributed by atoms with Gasteiger partial charge in [0.05, 0.1) is 5.51 Å². The van der Waals surface area contributed by atoms with Crippen molar-refractivity contribution in [1.29, 1.82) is 0 Å². The monoisotopic (exact) mass is 185 g/mol. The Hall–Kier alpha value is -1.10. The van der Waals surface area contributed by atoms with Gasteiger partial charge in [-0.15, -0.1) is 11.3 Å². The summed E-state index contributed by atoms with van der Waals surface area (Å²) in [6, 6.07) is -0.239. The first-order valence-corrected chi connectivity index (χ1v) is 4.54. The molecule has 1 aromatic rings. The van der Waals surface area contributed by atoms with Gasteiger partial charge < -0.3 is 10.6 Å². The van der Waals surface area contributed by atoms with Crippen LogP contribution in [0.15, 0.2) is 10.9 Å². The van der Waals surface area contributed by atoms with Crippen LogP contribution >= 0.6 is 11.3 Å². The Morgan fingerprint density at radius 2 is 2.50 bits per heavy atom. The minimum absolute atomic E-state index is 0.0389. The Labute approximate surface area is 75.0 Å². The average molecular weight is 185 g/mol. The summed E-state index contributed by atoms with van der Waals surface area (Å²) in [5.41, 5.74) is 1.72. The number of amides is 1. The van der Waals surface area contributed by atoms with Crippen LogP contribution < -0.4 is 10.6 Å². The van der Waals surface area contributed by atoms with E-state index in [1.807, 2.05) is 5.38 Å². The summed E-state index contributed by atoms with van der Waals surface area (Å²) in [7, 11) is 1.61. The van der Waals surface area contributed by atoms with Gasteiger partial charge in [-0.2, -0.15) is 0 Å². The van der Waals surface area contributed by atoms with Crippen molar-refractivity contribution in [3.8, 4) is 0 Å². The van der Waals surface area contributed by atoms with Gasteiger partial charge in [-0.1, -0.05) is 0 Å². The molecule has 1 aromatic heterocycles. The van der Waals surface area contributed by atoms with E-state index in [0.717, 1.165) is 5.82 Å². The van der Waals surface area contributed by atoms with E-state index in [4.69, 9.17) is 0 Å². The van der Waals surface area contributed by atoms with E-state index in [2.05, 4.69) is 15.6 Å². The topological polar surface area (TPSA) is 54.0 Å². The third-order valence-electron chi connectivity index (χ3n) is 1.44. The van der Waals surface area contributed by atoms with Gasteiger partial charge in [0.1, 0.15) is 11.9 Å². The van der Waals surface area contributed by atoms with Crippen molar-refractivity contribution >= 4 is 23.1 Å². The number of thiazole rings is 1. The zero-order chi connectivity index (χ0) is 8.97. The van der Waals surface area contributed by atoms with E-state index < -0.39 is 0 Å². The summed E-state index contributed by atoms with van der Waals surface area (Å²) in [5, 5.41) is 7.37. The molecule has 0 saturated carbocycles. The van der Waals surface area contributed by atoms with Gasteiger partial charge >= 0.3 is 0 Å². The number of rotatable bonds is 3. The van der Waals surface area contributed by atoms with E-state index in [1.165, 1.54) is 11.3 Å². The lowest BCUT2D eigenvalue weighted by atomic mass is 10.3. The number of carbonyl (C=O) groups is 1. The molecule has 4 nitrogen and oxygen atoms in total. The number of anilines is 1. The number of hydrogen-bond donors (Lipinski definition) is 2. The lowest BCUT2D eigenvalue weighted by molar-refractivity contribution is -0.121. The molecule has 0 bridgehead atoms. The number of likely N-dealkylation sites (N-methyl/N-ethyl adjacent to an activating group) is 1. The van der Waals surface area contributed by atoms with E-state index in [-0.39, 0.29) is 11.9 Å². The SMILES string of the molecule is CNC(=O)C(C)Nc1cscn1. The molecule has 0 radical (unpaired) electrons. The summed E-state index contributed by atoms with van der Waals surface area (Å²) >= 11 is 1.50. The van der Waals surface area contributed by atoms with E-state index in [0.29, 0.717) is 0 Å². The number of carbonyl (C=O) groups excluding carboxylic acids is 1. The number of nitrogens with one attached hydrogen (secondary N) is 2. The zero-order valence-electron chi connectivity index (χ0n) is 7.00. The fourth-order valence-electron chi connectivity index (χ4n) is 0.788. The minimum Gasteiger partial charge on any atom is -0.358 e. The smallest absolute Gasteiger partial charge is 0.241 e. The van der Waals surface area contributed by atoms with Gasteiger partial charge in [0.15, 0.2) is 0 Å². The number of hydrogen-bond acceptors (Lipinski definition) is 4. The molecule has 66 valence electrons. The molecule has 0 aromatic carbocycles. The molecular formula is C7H11N3OS. The molecule has 12 heavy (non-hydrogen) atoms. The fourth-order valence-corrected chi connectivity index (χ4v) is 1.28. The van der Waals surface area contributed by atoms with Gasteiger partial charge in [-0.25, -0.2) is 4.98 Å². The fraction of sp³-hybridized carbons (Fsp3) is 0.429. The van der Waals surface area contributed by atoms with Crippen molar-refractivity contribution in [2.45, 2.75) is 13.0 Å². The minimum atomic E-state index is -0.239. The first kappa shape index (κ1) is 8.99. The second-order valence-corrected chi connectivity index (χ2v) is 3.07. The molecule has 0 saturated heterocycles. The second kappa shape index (κ2) is 4.06. The van der Waals surface area contributed by atoms with E-state index >= 15 is 0 Å². The lowest BCUT2D eigenvalue weighted by Gasteiger charge is -2.10. The third-order valence-corrected chi connectivity index (χ3v) is 2.02. The van der Waals surface area contributed by atoms with Gasteiger partial charge in [0.2, 0.25) is 5.91 Å². The zero-order valence-corrected chi connectivity index (χ0v) is 7.81. The van der Waals surface area contributed by atoms with Crippen LogP contribution in [0.4, 0.5) is 5.82 Å². The van der Waals surface area contributed by atoms with Crippen molar-refractivity contribution in [2.24, 2.45) is 0 Å². The molecule has 0 spiro atoms. The molecule has 2 N–H and O–H groups in total. The maximum absolute atomic E-state index is 11.0. The van der Waals surface area contributed by atoms with Crippen LogP contribution in [0.3, 0.4) is 0 Å². The molecule has 1 atom stereocenters. The van der Waals surface area contributed by atoms with Crippen molar-refractivity contribution < 1.29 is 4.79 Å². The first-order valence-electron chi connectivity index (χ1n) is 3.60. The Morgan fingerprint density at radius 3 is 3.00 bits per heavy atom. The van der Waals surface area contributed by atoms with Crippen LogP contribution in [0.2, 0.25) is 0 Å². The molecule has 0 aliphatic carbocycles. The highest BCUT2D eigenvalue weighted by atomic mass is 32.1. The normalized spacial score (nSPS) is 12.2. The first-order chi connectivity index (χ1) is 5.74. The van der Waals surface area contributed by atoms with Crippen LogP contribution in [0.5, 0.6) is 0 Å². The summed E-state index contributed by atoms with van der Waals surface area (Å²) in [4.78, 5) is 15.0. The van der Waals surface area contributed by atoms with Crippen molar-refractivity contribution in [1.82, 2.24) is 10.3 Å². The van der Waals surface area contributed by atoms with E-state index in [1.54, 1.807) is 19.5 Å². The van der Waals surface area contributed by atoms with Crippen molar-refractivity contribution in [3.63, 3.8) is 0 Å². The van der Waals surface area contributed by atoms with Gasteiger partial charge in [0.25, 0.3) is 0 Å². The second-order valence-electron chi connectivity index (χ2n) is 2.35. The molecule has 0 fully saturated rings. The quantitative estimate of drug-likeness (QED) is 0.728. The largest absolute Gasteiger partial charge is 0.358 e. The molecular weight excluding hydrogens is 174 g/mol. The van der Waals surface area contributed by atoms with Crippen LogP contribution in [0, 0.1) is 0 Å². The lowest BCUT2D eigenvalue weighted by Crippen LogP contribution is -2.35. The van der Waals surface area contributed by atoms with E-state index in [9.17, 15) is 4.79 Å². The van der Waals surface area contributed by atoms with Crippen molar-refractivity contribution in [3.05, 3.63) is 10.9 Å². The molecule has 5 heteroatoms. The molecule has 1 heterocycles. The standard InChI is InChI=1S/C7H11N3OS/c1-5(7(11)8-2)10-6-3-12-4-9-6/h3-5,10H,1-2H3,(H,8,11). The van der Waals surface area contributed by atoms with Crippen LogP contribution in [0.25, 0.3) is 0 Å². The average Bonchev–Trinajstić information content (AvgIpc) is 2.55. The third kappa shape index (κ3) is 2.20. The van der Waals surface area contributed by atoms with Gasteiger partial charge in [-0.3, -0.25) is 4.79 Å². The predicted octanol–water partition coefficient (Wildman–Crippen LogP) is 0.689. The molecule has 0 aliphatic heterocycles. The highest BCUT2D eigenvalue weighted by Crippen LogP contribution is 2.07. The highest BCUT2D eigenvalue weighted by molar-refractivity contribution is 7.07. The van der Waals surface area contributed by atoms with Crippen LogP contribution in [-0.2, 0) is 4.79 Å². The Bertz CT molecular complexity index is 247. The molecule has 1 rings (SSSR count). The summed E-state index contributed by atoms with van der Waals surface area (Å²) in [6.07, 6.45) is 0. The number of nitrogens with zero attached hydrogens (tertiary/aromatic N) is 1. The summed E-state index contributed by atoms with van der Waals surface area (Å²) < 4.78 is 0. The highest BCUT2D eigenvalue weighted by Gasteiger charge is 2.10. The Morgan fingerprint density at radius 1 is 1.75 bits per heavy atom.